The molecule has 0 aliphatic rings. The third-order valence-corrected chi connectivity index (χ3v) is 3.03. The van der Waals surface area contributed by atoms with Crippen LogP contribution in [0.15, 0.2) is 27.1 Å². The zero-order valence-corrected chi connectivity index (χ0v) is 11.2. The Bertz CT molecular complexity index is 609. The fourth-order valence-electron chi connectivity index (χ4n) is 1.46. The van der Waals surface area contributed by atoms with E-state index in [1.54, 1.807) is 13.0 Å². The molecule has 0 aliphatic heterocycles. The van der Waals surface area contributed by atoms with E-state index in [4.69, 9.17) is 4.42 Å². The molecule has 0 saturated heterocycles. The van der Waals surface area contributed by atoms with Crippen LogP contribution in [0.25, 0.3) is 11.5 Å². The second-order valence-corrected chi connectivity index (χ2v) is 4.39. The van der Waals surface area contributed by atoms with Gasteiger partial charge in [0.05, 0.1) is 12.7 Å². The number of oxazole rings is 1. The molecule has 94 valence electrons. The van der Waals surface area contributed by atoms with Crippen molar-refractivity contribution in [1.82, 2.24) is 4.98 Å². The van der Waals surface area contributed by atoms with Crippen molar-refractivity contribution in [3.8, 4) is 11.5 Å². The van der Waals surface area contributed by atoms with E-state index in [0.717, 1.165) is 0 Å². The fourth-order valence-corrected chi connectivity index (χ4v) is 1.88. The lowest BCUT2D eigenvalue weighted by Gasteiger charge is -1.99. The lowest BCUT2D eigenvalue weighted by molar-refractivity contribution is 0.0593. The molecule has 0 unspecified atom stereocenters. The van der Waals surface area contributed by atoms with Gasteiger partial charge in [-0.15, -0.1) is 0 Å². The van der Waals surface area contributed by atoms with Crippen molar-refractivity contribution in [2.24, 2.45) is 0 Å². The van der Waals surface area contributed by atoms with Gasteiger partial charge in [0.15, 0.2) is 5.69 Å². The van der Waals surface area contributed by atoms with Crippen LogP contribution in [-0.4, -0.2) is 18.1 Å². The van der Waals surface area contributed by atoms with E-state index in [1.807, 2.05) is 0 Å². The maximum atomic E-state index is 13.2. The summed E-state index contributed by atoms with van der Waals surface area (Å²) in [5.74, 6) is -0.508. The van der Waals surface area contributed by atoms with E-state index in [2.05, 4.69) is 25.7 Å². The number of rotatable bonds is 2. The van der Waals surface area contributed by atoms with Crippen molar-refractivity contribution in [3.63, 3.8) is 0 Å². The summed E-state index contributed by atoms with van der Waals surface area (Å²) in [5, 5.41) is 0. The molecule has 4 nitrogen and oxygen atoms in total. The summed E-state index contributed by atoms with van der Waals surface area (Å²) in [4.78, 5) is 15.4. The molecule has 0 saturated carbocycles. The van der Waals surface area contributed by atoms with Crippen LogP contribution in [0.5, 0.6) is 0 Å². The van der Waals surface area contributed by atoms with Crippen LogP contribution in [-0.2, 0) is 4.74 Å². The van der Waals surface area contributed by atoms with Gasteiger partial charge in [-0.3, -0.25) is 0 Å². The largest absolute Gasteiger partial charge is 0.464 e. The quantitative estimate of drug-likeness (QED) is 0.798. The molecule has 2 rings (SSSR count). The number of methoxy groups -OCH3 is 1. The van der Waals surface area contributed by atoms with Crippen molar-refractivity contribution in [3.05, 3.63) is 39.9 Å². The minimum absolute atomic E-state index is 0.0867. The van der Waals surface area contributed by atoms with Gasteiger partial charge < -0.3 is 9.15 Å². The number of hydrogen-bond donors (Lipinski definition) is 0. The van der Waals surface area contributed by atoms with E-state index < -0.39 is 11.8 Å². The van der Waals surface area contributed by atoms with Gasteiger partial charge in [-0.2, -0.15) is 0 Å². The lowest BCUT2D eigenvalue weighted by Crippen LogP contribution is -2.03. The molecule has 18 heavy (non-hydrogen) atoms. The third-order valence-electron chi connectivity index (χ3n) is 2.33. The van der Waals surface area contributed by atoms with Crippen LogP contribution in [0.2, 0.25) is 0 Å². The molecule has 1 aromatic carbocycles. The van der Waals surface area contributed by atoms with Crippen molar-refractivity contribution >= 4 is 21.9 Å². The summed E-state index contributed by atoms with van der Waals surface area (Å²) in [6.45, 7) is 1.59. The molecule has 0 bridgehead atoms. The molecule has 1 heterocycles. The second kappa shape index (κ2) is 4.89. The van der Waals surface area contributed by atoms with Crippen molar-refractivity contribution in [2.45, 2.75) is 6.92 Å². The van der Waals surface area contributed by atoms with E-state index in [9.17, 15) is 9.18 Å². The number of ether oxygens (including phenoxy) is 1. The Morgan fingerprint density at radius 1 is 1.50 bits per heavy atom. The Labute approximate surface area is 111 Å². The highest BCUT2D eigenvalue weighted by molar-refractivity contribution is 9.10. The Morgan fingerprint density at radius 2 is 2.22 bits per heavy atom. The fraction of sp³-hybridized carbons (Fsp3) is 0.167. The van der Waals surface area contributed by atoms with Crippen LogP contribution >= 0.6 is 15.9 Å². The minimum Gasteiger partial charge on any atom is -0.464 e. The van der Waals surface area contributed by atoms with Gasteiger partial charge in [0.1, 0.15) is 11.6 Å². The van der Waals surface area contributed by atoms with Gasteiger partial charge in [-0.1, -0.05) is 0 Å². The molecular weight excluding hydrogens is 305 g/mol. The number of carbonyl (C=O) groups excluding carboxylic acids is 1. The highest BCUT2D eigenvalue weighted by Crippen LogP contribution is 2.29. The Balaban J connectivity index is 2.52. The van der Waals surface area contributed by atoms with Gasteiger partial charge in [-0.25, -0.2) is 14.2 Å². The second-order valence-electron chi connectivity index (χ2n) is 3.54. The van der Waals surface area contributed by atoms with Crippen LogP contribution in [0.4, 0.5) is 4.39 Å². The average molecular weight is 314 g/mol. The SMILES string of the molecule is COC(=O)c1nc(-c2cc(F)ccc2Br)oc1C. The van der Waals surface area contributed by atoms with E-state index >= 15 is 0 Å². The van der Waals surface area contributed by atoms with Crippen molar-refractivity contribution < 1.29 is 18.3 Å². The molecule has 2 aromatic rings. The highest BCUT2D eigenvalue weighted by Gasteiger charge is 2.19. The number of benzene rings is 1. The van der Waals surface area contributed by atoms with Crippen LogP contribution in [0, 0.1) is 12.7 Å². The van der Waals surface area contributed by atoms with Gasteiger partial charge in [0.25, 0.3) is 0 Å². The highest BCUT2D eigenvalue weighted by atomic mass is 79.9. The van der Waals surface area contributed by atoms with E-state index in [1.165, 1.54) is 19.2 Å². The van der Waals surface area contributed by atoms with Crippen LogP contribution in [0.3, 0.4) is 0 Å². The number of halogens is 2. The lowest BCUT2D eigenvalue weighted by atomic mass is 10.2. The smallest absolute Gasteiger partial charge is 0.360 e. The first-order valence-corrected chi connectivity index (χ1v) is 5.83. The molecule has 6 heteroatoms. The summed E-state index contributed by atoms with van der Waals surface area (Å²) in [7, 11) is 1.26. The number of nitrogens with zero attached hydrogens (tertiary/aromatic N) is 1. The zero-order chi connectivity index (χ0) is 13.3. The standard InChI is InChI=1S/C12H9BrFNO3/c1-6-10(12(16)17-2)15-11(18-6)8-5-7(14)3-4-9(8)13/h3-5H,1-2H3. The maximum absolute atomic E-state index is 13.2. The van der Waals surface area contributed by atoms with Gasteiger partial charge in [0.2, 0.25) is 5.89 Å². The molecular formula is C12H9BrFNO3. The molecule has 0 fully saturated rings. The number of carbonyl (C=O) groups is 1. The first kappa shape index (κ1) is 12.8. The summed E-state index contributed by atoms with van der Waals surface area (Å²) < 4.78 is 23.7. The molecule has 0 N–H and O–H groups in total. The maximum Gasteiger partial charge on any atom is 0.360 e. The zero-order valence-electron chi connectivity index (χ0n) is 9.66. The number of aromatic nitrogens is 1. The van der Waals surface area contributed by atoms with Crippen molar-refractivity contribution in [1.29, 1.82) is 0 Å². The topological polar surface area (TPSA) is 52.3 Å². The number of esters is 1. The predicted octanol–water partition coefficient (Wildman–Crippen LogP) is 3.34. The van der Waals surface area contributed by atoms with E-state index in [-0.39, 0.29) is 11.6 Å². The monoisotopic (exact) mass is 313 g/mol. The van der Waals surface area contributed by atoms with Gasteiger partial charge in [-0.05, 0) is 41.1 Å². The minimum atomic E-state index is -0.588. The van der Waals surface area contributed by atoms with Gasteiger partial charge in [0, 0.05) is 4.47 Å². The number of hydrogen-bond acceptors (Lipinski definition) is 4. The van der Waals surface area contributed by atoms with Gasteiger partial charge >= 0.3 is 5.97 Å². The molecule has 0 amide bonds. The summed E-state index contributed by atoms with van der Waals surface area (Å²) in [5.41, 5.74) is 0.525. The van der Waals surface area contributed by atoms with Crippen LogP contribution < -0.4 is 0 Å². The number of aryl methyl sites for hydroxylation is 1. The first-order chi connectivity index (χ1) is 8.52. The Hall–Kier alpha value is -1.69. The predicted molar refractivity (Wildman–Crippen MR) is 65.7 cm³/mol. The summed E-state index contributed by atoms with van der Waals surface area (Å²) in [6, 6.07) is 4.13. The van der Waals surface area contributed by atoms with E-state index in [0.29, 0.717) is 15.8 Å². The summed E-state index contributed by atoms with van der Waals surface area (Å²) >= 11 is 3.27. The normalized spacial score (nSPS) is 10.4. The molecule has 0 spiro atoms. The Morgan fingerprint density at radius 3 is 2.89 bits per heavy atom. The molecule has 0 radical (unpaired) electrons. The molecule has 0 aliphatic carbocycles. The first-order valence-electron chi connectivity index (χ1n) is 5.04. The molecule has 1 aromatic heterocycles. The van der Waals surface area contributed by atoms with Crippen molar-refractivity contribution in [2.75, 3.05) is 7.11 Å². The third kappa shape index (κ3) is 2.28. The summed E-state index contributed by atoms with van der Waals surface area (Å²) in [6.07, 6.45) is 0. The average Bonchev–Trinajstić information content (AvgIpc) is 2.73. The Kier molecular flexibility index (Phi) is 3.47. The molecule has 0 atom stereocenters. The van der Waals surface area contributed by atoms with Crippen LogP contribution in [0.1, 0.15) is 16.2 Å².